The molecule has 2 rings (SSSR count). The van der Waals surface area contributed by atoms with Crippen molar-refractivity contribution >= 4 is 17.2 Å². The molecule has 0 saturated carbocycles. The standard InChI is InChI=1S/C12H13NO2S/c14-12(8-11-2-1-7-16-11)13-5-3-10-4-6-15-9-10/h1-2,4,6-7,9H,3,5,8H2,(H,13,14). The van der Waals surface area contributed by atoms with E-state index in [4.69, 9.17) is 4.42 Å². The molecule has 0 fully saturated rings. The first-order valence-electron chi connectivity index (χ1n) is 5.15. The van der Waals surface area contributed by atoms with Crippen LogP contribution in [0, 0.1) is 0 Å². The summed E-state index contributed by atoms with van der Waals surface area (Å²) in [6.07, 6.45) is 4.63. The van der Waals surface area contributed by atoms with Crippen LogP contribution in [0.3, 0.4) is 0 Å². The van der Waals surface area contributed by atoms with Crippen molar-refractivity contribution in [3.63, 3.8) is 0 Å². The number of thiophene rings is 1. The van der Waals surface area contributed by atoms with Crippen molar-refractivity contribution in [3.05, 3.63) is 46.5 Å². The minimum atomic E-state index is 0.0749. The largest absolute Gasteiger partial charge is 0.472 e. The van der Waals surface area contributed by atoms with Crippen LogP contribution in [-0.2, 0) is 17.6 Å². The Morgan fingerprint density at radius 3 is 3.06 bits per heavy atom. The van der Waals surface area contributed by atoms with Gasteiger partial charge in [-0.3, -0.25) is 4.79 Å². The molecule has 2 heterocycles. The number of furan rings is 1. The summed E-state index contributed by atoms with van der Waals surface area (Å²) in [7, 11) is 0. The van der Waals surface area contributed by atoms with E-state index < -0.39 is 0 Å². The van der Waals surface area contributed by atoms with Crippen LogP contribution in [0.5, 0.6) is 0 Å². The Hall–Kier alpha value is -1.55. The number of amides is 1. The monoisotopic (exact) mass is 235 g/mol. The second-order valence-electron chi connectivity index (χ2n) is 3.49. The average molecular weight is 235 g/mol. The molecule has 0 radical (unpaired) electrons. The molecule has 16 heavy (non-hydrogen) atoms. The van der Waals surface area contributed by atoms with E-state index in [0.717, 1.165) is 16.9 Å². The topological polar surface area (TPSA) is 42.2 Å². The van der Waals surface area contributed by atoms with Crippen LogP contribution in [0.1, 0.15) is 10.4 Å². The quantitative estimate of drug-likeness (QED) is 0.863. The lowest BCUT2D eigenvalue weighted by Gasteiger charge is -2.02. The minimum absolute atomic E-state index is 0.0749. The third-order valence-corrected chi connectivity index (χ3v) is 3.11. The molecule has 4 heteroatoms. The molecule has 3 nitrogen and oxygen atoms in total. The average Bonchev–Trinajstić information content (AvgIpc) is 2.90. The van der Waals surface area contributed by atoms with Gasteiger partial charge in [-0.05, 0) is 29.5 Å². The van der Waals surface area contributed by atoms with Gasteiger partial charge in [0, 0.05) is 11.4 Å². The molecule has 0 aliphatic heterocycles. The molecule has 1 N–H and O–H groups in total. The van der Waals surface area contributed by atoms with Gasteiger partial charge in [0.15, 0.2) is 0 Å². The molecule has 2 aromatic heterocycles. The summed E-state index contributed by atoms with van der Waals surface area (Å²) in [5.74, 6) is 0.0749. The lowest BCUT2D eigenvalue weighted by Crippen LogP contribution is -2.26. The van der Waals surface area contributed by atoms with Crippen LogP contribution < -0.4 is 5.32 Å². The van der Waals surface area contributed by atoms with Gasteiger partial charge in [0.2, 0.25) is 5.91 Å². The number of hydrogen-bond acceptors (Lipinski definition) is 3. The smallest absolute Gasteiger partial charge is 0.225 e. The van der Waals surface area contributed by atoms with Crippen LogP contribution >= 0.6 is 11.3 Å². The van der Waals surface area contributed by atoms with Crippen molar-refractivity contribution in [2.45, 2.75) is 12.8 Å². The maximum Gasteiger partial charge on any atom is 0.225 e. The van der Waals surface area contributed by atoms with E-state index in [1.54, 1.807) is 23.9 Å². The van der Waals surface area contributed by atoms with E-state index in [0.29, 0.717) is 13.0 Å². The molecule has 0 aromatic carbocycles. The molecule has 84 valence electrons. The third-order valence-electron chi connectivity index (χ3n) is 2.23. The summed E-state index contributed by atoms with van der Waals surface area (Å²) in [5.41, 5.74) is 1.11. The van der Waals surface area contributed by atoms with Crippen molar-refractivity contribution in [2.24, 2.45) is 0 Å². The molecular weight excluding hydrogens is 222 g/mol. The van der Waals surface area contributed by atoms with Gasteiger partial charge in [0.05, 0.1) is 18.9 Å². The molecule has 0 aliphatic rings. The summed E-state index contributed by atoms with van der Waals surface area (Å²) < 4.78 is 4.95. The Morgan fingerprint density at radius 2 is 2.38 bits per heavy atom. The highest BCUT2D eigenvalue weighted by Crippen LogP contribution is 2.08. The van der Waals surface area contributed by atoms with Crippen LogP contribution in [0.15, 0.2) is 40.5 Å². The summed E-state index contributed by atoms with van der Waals surface area (Å²) in [4.78, 5) is 12.6. The molecule has 0 unspecified atom stereocenters. The van der Waals surface area contributed by atoms with Gasteiger partial charge < -0.3 is 9.73 Å². The summed E-state index contributed by atoms with van der Waals surface area (Å²) >= 11 is 1.61. The van der Waals surface area contributed by atoms with E-state index in [1.165, 1.54) is 0 Å². The van der Waals surface area contributed by atoms with E-state index >= 15 is 0 Å². The number of carbonyl (C=O) groups is 1. The summed E-state index contributed by atoms with van der Waals surface area (Å²) in [6, 6.07) is 5.84. The van der Waals surface area contributed by atoms with Crippen LogP contribution in [0.4, 0.5) is 0 Å². The van der Waals surface area contributed by atoms with E-state index in [2.05, 4.69) is 5.32 Å². The van der Waals surface area contributed by atoms with Crippen molar-refractivity contribution in [3.8, 4) is 0 Å². The molecule has 2 aromatic rings. The minimum Gasteiger partial charge on any atom is -0.472 e. The van der Waals surface area contributed by atoms with Crippen molar-refractivity contribution in [1.82, 2.24) is 5.32 Å². The maximum absolute atomic E-state index is 11.5. The third kappa shape index (κ3) is 3.24. The first-order valence-corrected chi connectivity index (χ1v) is 6.03. The SMILES string of the molecule is O=C(Cc1cccs1)NCCc1ccoc1. The van der Waals surface area contributed by atoms with Gasteiger partial charge in [0.25, 0.3) is 0 Å². The highest BCUT2D eigenvalue weighted by Gasteiger charge is 2.03. The van der Waals surface area contributed by atoms with Crippen molar-refractivity contribution < 1.29 is 9.21 Å². The van der Waals surface area contributed by atoms with Gasteiger partial charge in [0.1, 0.15) is 0 Å². The Bertz CT molecular complexity index is 420. The lowest BCUT2D eigenvalue weighted by atomic mass is 10.2. The lowest BCUT2D eigenvalue weighted by molar-refractivity contribution is -0.120. The molecular formula is C12H13NO2S. The number of hydrogen-bond donors (Lipinski definition) is 1. The van der Waals surface area contributed by atoms with Crippen LogP contribution in [0.2, 0.25) is 0 Å². The number of nitrogens with one attached hydrogen (secondary N) is 1. The van der Waals surface area contributed by atoms with Crippen molar-refractivity contribution in [1.29, 1.82) is 0 Å². The highest BCUT2D eigenvalue weighted by atomic mass is 32.1. The molecule has 0 saturated heterocycles. The van der Waals surface area contributed by atoms with Gasteiger partial charge in [-0.2, -0.15) is 0 Å². The molecule has 0 atom stereocenters. The fraction of sp³-hybridized carbons (Fsp3) is 0.250. The van der Waals surface area contributed by atoms with Gasteiger partial charge in [-0.1, -0.05) is 6.07 Å². The molecule has 0 spiro atoms. The highest BCUT2D eigenvalue weighted by molar-refractivity contribution is 7.10. The molecule has 0 bridgehead atoms. The number of rotatable bonds is 5. The zero-order valence-corrected chi connectivity index (χ0v) is 9.63. The Balaban J connectivity index is 1.68. The van der Waals surface area contributed by atoms with E-state index in [1.807, 2.05) is 23.6 Å². The Kier molecular flexibility index (Phi) is 3.77. The number of carbonyl (C=O) groups excluding carboxylic acids is 1. The summed E-state index contributed by atoms with van der Waals surface area (Å²) in [5, 5.41) is 4.87. The normalized spacial score (nSPS) is 10.2. The fourth-order valence-corrected chi connectivity index (χ4v) is 2.12. The van der Waals surface area contributed by atoms with Crippen LogP contribution in [0.25, 0.3) is 0 Å². The van der Waals surface area contributed by atoms with Gasteiger partial charge >= 0.3 is 0 Å². The second kappa shape index (κ2) is 5.51. The predicted molar refractivity (Wildman–Crippen MR) is 63.4 cm³/mol. The summed E-state index contributed by atoms with van der Waals surface area (Å²) in [6.45, 7) is 0.656. The maximum atomic E-state index is 11.5. The second-order valence-corrected chi connectivity index (χ2v) is 4.52. The van der Waals surface area contributed by atoms with Crippen molar-refractivity contribution in [2.75, 3.05) is 6.54 Å². The van der Waals surface area contributed by atoms with Gasteiger partial charge in [-0.25, -0.2) is 0 Å². The fourth-order valence-electron chi connectivity index (χ4n) is 1.42. The zero-order valence-electron chi connectivity index (χ0n) is 8.81. The van der Waals surface area contributed by atoms with E-state index in [9.17, 15) is 4.79 Å². The first kappa shape index (κ1) is 11.0. The Morgan fingerprint density at radius 1 is 1.44 bits per heavy atom. The molecule has 1 amide bonds. The van der Waals surface area contributed by atoms with E-state index in [-0.39, 0.29) is 5.91 Å². The molecule has 0 aliphatic carbocycles. The van der Waals surface area contributed by atoms with Gasteiger partial charge in [-0.15, -0.1) is 11.3 Å². The predicted octanol–water partition coefficient (Wildman–Crippen LogP) is 2.24. The first-order chi connectivity index (χ1) is 7.84. The Labute approximate surface area is 98.1 Å². The zero-order chi connectivity index (χ0) is 11.2. The van der Waals surface area contributed by atoms with Crippen LogP contribution in [-0.4, -0.2) is 12.5 Å².